The van der Waals surface area contributed by atoms with Crippen LogP contribution in [0.25, 0.3) is 6.08 Å². The number of carbonyl (C=O) groups is 1. The summed E-state index contributed by atoms with van der Waals surface area (Å²) in [5, 5.41) is 17.4. The molecule has 0 bridgehead atoms. The van der Waals surface area contributed by atoms with Crippen molar-refractivity contribution in [1.82, 2.24) is 0 Å². The van der Waals surface area contributed by atoms with E-state index in [-0.39, 0.29) is 13.2 Å². The molecule has 0 aliphatic carbocycles. The summed E-state index contributed by atoms with van der Waals surface area (Å²) >= 11 is 1.77. The molecule has 0 saturated carbocycles. The van der Waals surface area contributed by atoms with E-state index < -0.39 is 5.97 Å². The van der Waals surface area contributed by atoms with Gasteiger partial charge in [0.1, 0.15) is 36.2 Å². The molecule has 0 spiro atoms. The predicted octanol–water partition coefficient (Wildman–Crippen LogP) is 1.90. The zero-order chi connectivity index (χ0) is 14.8. The summed E-state index contributed by atoms with van der Waals surface area (Å²) in [7, 11) is 0. The fourth-order valence-electron chi connectivity index (χ4n) is 1.37. The molecule has 0 saturated heterocycles. The van der Waals surface area contributed by atoms with E-state index in [2.05, 4.69) is 0 Å². The van der Waals surface area contributed by atoms with Crippen LogP contribution in [0.3, 0.4) is 0 Å². The molecule has 110 valence electrons. The molecule has 0 unspecified atom stereocenters. The number of benzene rings is 1. The standard InChI is InChI=1S/C13H15IO6/c14-20-8-7-19-12-9-10(2-4-13(16)17)1-3-11(12)18-6-5-15/h1-4,9,15H,5-8H2,(H,16,17)/b4-2+. The van der Waals surface area contributed by atoms with Crippen molar-refractivity contribution < 1.29 is 27.5 Å². The molecule has 0 aromatic heterocycles. The lowest BCUT2D eigenvalue weighted by Crippen LogP contribution is -2.07. The maximum atomic E-state index is 10.5. The Morgan fingerprint density at radius 1 is 1.20 bits per heavy atom. The van der Waals surface area contributed by atoms with Crippen LogP contribution in [0.2, 0.25) is 0 Å². The SMILES string of the molecule is O=C(O)/C=C/c1ccc(OCCO)c(OCCOI)c1. The van der Waals surface area contributed by atoms with Gasteiger partial charge in [-0.2, -0.15) is 0 Å². The van der Waals surface area contributed by atoms with E-state index in [0.717, 1.165) is 6.08 Å². The molecule has 0 aliphatic rings. The summed E-state index contributed by atoms with van der Waals surface area (Å²) in [4.78, 5) is 10.5. The highest BCUT2D eigenvalue weighted by atomic mass is 127. The molecule has 20 heavy (non-hydrogen) atoms. The lowest BCUT2D eigenvalue weighted by molar-refractivity contribution is -0.131. The summed E-state index contributed by atoms with van der Waals surface area (Å²) in [5.41, 5.74) is 0.675. The lowest BCUT2D eigenvalue weighted by Gasteiger charge is -2.12. The number of rotatable bonds is 9. The molecule has 0 fully saturated rings. The van der Waals surface area contributed by atoms with Gasteiger partial charge in [-0.25, -0.2) is 4.79 Å². The molecule has 0 aliphatic heterocycles. The summed E-state index contributed by atoms with van der Waals surface area (Å²) in [6, 6.07) is 5.03. The average molecular weight is 394 g/mol. The molecule has 1 aromatic rings. The third-order valence-corrected chi connectivity index (χ3v) is 2.59. The van der Waals surface area contributed by atoms with Crippen LogP contribution in [0, 0.1) is 0 Å². The normalized spacial score (nSPS) is 10.7. The Hall–Kier alpha value is -1.32. The van der Waals surface area contributed by atoms with Gasteiger partial charge in [0.2, 0.25) is 0 Å². The predicted molar refractivity (Wildman–Crippen MR) is 81.2 cm³/mol. The van der Waals surface area contributed by atoms with Gasteiger partial charge in [-0.05, 0) is 23.8 Å². The van der Waals surface area contributed by atoms with E-state index in [1.807, 2.05) is 0 Å². The minimum atomic E-state index is -1.02. The first-order chi connectivity index (χ1) is 9.67. The number of ether oxygens (including phenoxy) is 2. The third kappa shape index (κ3) is 6.22. The van der Waals surface area contributed by atoms with Gasteiger partial charge < -0.3 is 22.8 Å². The first-order valence-electron chi connectivity index (χ1n) is 5.82. The Kier molecular flexibility index (Phi) is 8.00. The fourth-order valence-corrected chi connectivity index (χ4v) is 1.55. The van der Waals surface area contributed by atoms with E-state index in [1.165, 1.54) is 6.08 Å². The molecule has 1 aromatic carbocycles. The largest absolute Gasteiger partial charge is 0.487 e. The van der Waals surface area contributed by atoms with Crippen LogP contribution in [0.1, 0.15) is 5.56 Å². The van der Waals surface area contributed by atoms with E-state index in [9.17, 15) is 4.79 Å². The average Bonchev–Trinajstić information content (AvgIpc) is 2.44. The Morgan fingerprint density at radius 2 is 1.95 bits per heavy atom. The minimum Gasteiger partial charge on any atom is -0.487 e. The van der Waals surface area contributed by atoms with Crippen LogP contribution in [0.5, 0.6) is 11.5 Å². The number of carboxylic acid groups (broad SMARTS) is 1. The van der Waals surface area contributed by atoms with Crippen molar-refractivity contribution in [3.63, 3.8) is 0 Å². The topological polar surface area (TPSA) is 85.2 Å². The minimum absolute atomic E-state index is 0.100. The number of aliphatic hydroxyl groups is 1. The fraction of sp³-hybridized carbons (Fsp3) is 0.308. The number of aliphatic carboxylic acids is 1. The van der Waals surface area contributed by atoms with Gasteiger partial charge in [-0.1, -0.05) is 6.07 Å². The monoisotopic (exact) mass is 394 g/mol. The Bertz CT molecular complexity index is 460. The quantitative estimate of drug-likeness (QED) is 0.378. The van der Waals surface area contributed by atoms with E-state index >= 15 is 0 Å². The molecular formula is C13H15IO6. The van der Waals surface area contributed by atoms with Gasteiger partial charge in [0, 0.05) is 6.08 Å². The first kappa shape index (κ1) is 16.7. The van der Waals surface area contributed by atoms with Crippen LogP contribution < -0.4 is 9.47 Å². The van der Waals surface area contributed by atoms with Gasteiger partial charge in [0.05, 0.1) is 13.2 Å². The summed E-state index contributed by atoms with van der Waals surface area (Å²) < 4.78 is 15.7. The Labute approximate surface area is 130 Å². The summed E-state index contributed by atoms with van der Waals surface area (Å²) in [6.45, 7) is 0.806. The van der Waals surface area contributed by atoms with Crippen molar-refractivity contribution >= 4 is 35.1 Å². The molecule has 7 heteroatoms. The van der Waals surface area contributed by atoms with Crippen LogP contribution in [0.4, 0.5) is 0 Å². The smallest absolute Gasteiger partial charge is 0.328 e. The highest BCUT2D eigenvalue weighted by Gasteiger charge is 2.06. The van der Waals surface area contributed by atoms with Crippen LogP contribution in [0.15, 0.2) is 24.3 Å². The van der Waals surface area contributed by atoms with Gasteiger partial charge >= 0.3 is 5.97 Å². The van der Waals surface area contributed by atoms with E-state index in [4.69, 9.17) is 22.8 Å². The molecule has 2 N–H and O–H groups in total. The highest BCUT2D eigenvalue weighted by Crippen LogP contribution is 2.29. The van der Waals surface area contributed by atoms with Crippen LogP contribution in [-0.2, 0) is 7.86 Å². The third-order valence-electron chi connectivity index (χ3n) is 2.15. The van der Waals surface area contributed by atoms with Crippen LogP contribution in [-0.4, -0.2) is 42.6 Å². The number of aliphatic hydroxyl groups excluding tert-OH is 1. The number of hydrogen-bond donors (Lipinski definition) is 2. The molecule has 0 atom stereocenters. The van der Waals surface area contributed by atoms with Gasteiger partial charge in [0.25, 0.3) is 0 Å². The Morgan fingerprint density at radius 3 is 2.60 bits per heavy atom. The van der Waals surface area contributed by atoms with Crippen molar-refractivity contribution in [2.75, 3.05) is 26.4 Å². The molecule has 0 amide bonds. The summed E-state index contributed by atoms with van der Waals surface area (Å²) in [6.07, 6.45) is 2.50. The second kappa shape index (κ2) is 9.56. The maximum absolute atomic E-state index is 10.5. The van der Waals surface area contributed by atoms with Gasteiger partial charge in [-0.15, -0.1) is 0 Å². The number of hydrogen-bond acceptors (Lipinski definition) is 5. The van der Waals surface area contributed by atoms with E-state index in [1.54, 1.807) is 41.2 Å². The summed E-state index contributed by atoms with van der Waals surface area (Å²) in [5.74, 6) is -0.0641. The van der Waals surface area contributed by atoms with Crippen molar-refractivity contribution in [1.29, 1.82) is 0 Å². The van der Waals surface area contributed by atoms with Crippen molar-refractivity contribution in [3.05, 3.63) is 29.8 Å². The highest BCUT2D eigenvalue weighted by molar-refractivity contribution is 14.1. The van der Waals surface area contributed by atoms with Crippen molar-refractivity contribution in [3.8, 4) is 11.5 Å². The number of halogens is 1. The van der Waals surface area contributed by atoms with Crippen molar-refractivity contribution in [2.45, 2.75) is 0 Å². The second-order valence-corrected chi connectivity index (χ2v) is 4.23. The number of carboxylic acids is 1. The second-order valence-electron chi connectivity index (χ2n) is 3.61. The van der Waals surface area contributed by atoms with Crippen molar-refractivity contribution in [2.24, 2.45) is 0 Å². The van der Waals surface area contributed by atoms with E-state index in [0.29, 0.717) is 30.3 Å². The zero-order valence-electron chi connectivity index (χ0n) is 10.6. The zero-order valence-corrected chi connectivity index (χ0v) is 12.8. The molecule has 0 heterocycles. The molecule has 6 nitrogen and oxygen atoms in total. The Balaban J connectivity index is 2.85. The molecule has 0 radical (unpaired) electrons. The lowest BCUT2D eigenvalue weighted by atomic mass is 10.2. The first-order valence-corrected chi connectivity index (χ1v) is 6.70. The van der Waals surface area contributed by atoms with Crippen LogP contribution >= 0.6 is 23.0 Å². The molecular weight excluding hydrogens is 379 g/mol. The maximum Gasteiger partial charge on any atom is 0.328 e. The van der Waals surface area contributed by atoms with Gasteiger partial charge in [-0.3, -0.25) is 0 Å². The molecule has 1 rings (SSSR count). The van der Waals surface area contributed by atoms with Gasteiger partial charge in [0.15, 0.2) is 11.5 Å².